The molecule has 0 aliphatic carbocycles. The molecule has 0 aliphatic rings. The maximum Gasteiger partial charge on any atom is 0.285 e. The van der Waals surface area contributed by atoms with Gasteiger partial charge in [0.15, 0.2) is 0 Å². The highest BCUT2D eigenvalue weighted by Crippen LogP contribution is 2.12. The Labute approximate surface area is 156 Å². The van der Waals surface area contributed by atoms with Crippen LogP contribution in [0.4, 0.5) is 0 Å². The van der Waals surface area contributed by atoms with Crippen molar-refractivity contribution in [3.05, 3.63) is 89.3 Å². The first kappa shape index (κ1) is 18.5. The van der Waals surface area contributed by atoms with Crippen LogP contribution in [0.15, 0.2) is 76.3 Å². The summed E-state index contributed by atoms with van der Waals surface area (Å²) in [4.78, 5) is 15.4. The van der Waals surface area contributed by atoms with Crippen molar-refractivity contribution in [2.45, 2.75) is 18.4 Å². The molecule has 8 heteroatoms. The molecule has 0 aliphatic heterocycles. The fourth-order valence-electron chi connectivity index (χ4n) is 2.43. The first-order chi connectivity index (χ1) is 12.8. The largest absolute Gasteiger partial charge is 0.366 e. The lowest BCUT2D eigenvalue weighted by Gasteiger charge is -2.07. The molecule has 7 nitrogen and oxygen atoms in total. The normalized spacial score (nSPS) is 12.1. The van der Waals surface area contributed by atoms with Gasteiger partial charge in [0, 0.05) is 18.0 Å². The number of rotatable bonds is 5. The van der Waals surface area contributed by atoms with E-state index in [2.05, 4.69) is 9.38 Å². The quantitative estimate of drug-likeness (QED) is 0.723. The van der Waals surface area contributed by atoms with Gasteiger partial charge in [0.2, 0.25) is 11.5 Å². The molecule has 0 spiro atoms. The van der Waals surface area contributed by atoms with E-state index in [1.807, 2.05) is 6.92 Å². The molecule has 1 heterocycles. The molecule has 0 atom stereocenters. The number of carbonyl (C=O) groups is 1. The SMILES string of the molecule is Cc1ccc(S(=O)(=O)/N=c2\ncccn2Cc2ccc(C(N)=O)cc2)cc1. The van der Waals surface area contributed by atoms with E-state index < -0.39 is 15.9 Å². The molecule has 2 N–H and O–H groups in total. The minimum atomic E-state index is -3.88. The Balaban J connectivity index is 1.97. The Kier molecular flexibility index (Phi) is 5.18. The summed E-state index contributed by atoms with van der Waals surface area (Å²) in [6.45, 7) is 2.22. The van der Waals surface area contributed by atoms with E-state index >= 15 is 0 Å². The van der Waals surface area contributed by atoms with Gasteiger partial charge in [0.05, 0.1) is 11.4 Å². The smallest absolute Gasteiger partial charge is 0.285 e. The fourth-order valence-corrected chi connectivity index (χ4v) is 3.39. The number of hydrogen-bond acceptors (Lipinski definition) is 4. The summed E-state index contributed by atoms with van der Waals surface area (Å²) in [5.41, 5.74) is 7.52. The predicted molar refractivity (Wildman–Crippen MR) is 100 cm³/mol. The highest BCUT2D eigenvalue weighted by Gasteiger charge is 2.13. The van der Waals surface area contributed by atoms with Crippen molar-refractivity contribution in [1.29, 1.82) is 0 Å². The molecule has 0 saturated carbocycles. The van der Waals surface area contributed by atoms with Crippen LogP contribution in [0.3, 0.4) is 0 Å². The van der Waals surface area contributed by atoms with Crippen LogP contribution in [-0.4, -0.2) is 23.9 Å². The molecule has 1 amide bonds. The molecule has 2 aromatic carbocycles. The minimum absolute atomic E-state index is 0.0667. The van der Waals surface area contributed by atoms with Gasteiger partial charge < -0.3 is 10.3 Å². The minimum Gasteiger partial charge on any atom is -0.366 e. The summed E-state index contributed by atoms with van der Waals surface area (Å²) in [6.07, 6.45) is 3.18. The van der Waals surface area contributed by atoms with Crippen LogP contribution in [0.25, 0.3) is 0 Å². The van der Waals surface area contributed by atoms with Gasteiger partial charge in [0.1, 0.15) is 0 Å². The molecule has 0 unspecified atom stereocenters. The van der Waals surface area contributed by atoms with E-state index in [4.69, 9.17) is 5.73 Å². The van der Waals surface area contributed by atoms with Gasteiger partial charge >= 0.3 is 0 Å². The molecule has 3 aromatic rings. The van der Waals surface area contributed by atoms with Crippen molar-refractivity contribution in [1.82, 2.24) is 9.55 Å². The number of carbonyl (C=O) groups excluding carboxylic acids is 1. The van der Waals surface area contributed by atoms with E-state index in [1.54, 1.807) is 53.2 Å². The number of sulfonamides is 1. The third kappa shape index (κ3) is 4.48. The molecular formula is C19H18N4O3S. The molecule has 0 fully saturated rings. The summed E-state index contributed by atoms with van der Waals surface area (Å²) in [7, 11) is -3.88. The second kappa shape index (κ2) is 7.55. The third-order valence-corrected chi connectivity index (χ3v) is 5.18. The van der Waals surface area contributed by atoms with E-state index in [0.717, 1.165) is 11.1 Å². The Morgan fingerprint density at radius 1 is 1.11 bits per heavy atom. The zero-order chi connectivity index (χ0) is 19.4. The lowest BCUT2D eigenvalue weighted by atomic mass is 10.1. The summed E-state index contributed by atoms with van der Waals surface area (Å²) in [5.74, 6) is -0.504. The van der Waals surface area contributed by atoms with Crippen molar-refractivity contribution in [2.24, 2.45) is 10.1 Å². The highest BCUT2D eigenvalue weighted by molar-refractivity contribution is 7.90. The number of hydrogen-bond donors (Lipinski definition) is 1. The molecular weight excluding hydrogens is 364 g/mol. The van der Waals surface area contributed by atoms with Crippen molar-refractivity contribution in [3.8, 4) is 0 Å². The lowest BCUT2D eigenvalue weighted by molar-refractivity contribution is 0.100. The van der Waals surface area contributed by atoms with Crippen LogP contribution in [0.1, 0.15) is 21.5 Å². The Morgan fingerprint density at radius 3 is 2.41 bits per heavy atom. The van der Waals surface area contributed by atoms with E-state index in [9.17, 15) is 13.2 Å². The van der Waals surface area contributed by atoms with Gasteiger partial charge in [0.25, 0.3) is 10.0 Å². The average molecular weight is 382 g/mol. The van der Waals surface area contributed by atoms with Gasteiger partial charge in [-0.1, -0.05) is 29.8 Å². The summed E-state index contributed by atoms with van der Waals surface area (Å²) in [6, 6.07) is 14.9. The number of nitrogens with two attached hydrogens (primary N) is 1. The second-order valence-electron chi connectivity index (χ2n) is 5.99. The van der Waals surface area contributed by atoms with Gasteiger partial charge in [-0.05, 0) is 42.8 Å². The molecule has 3 rings (SSSR count). The van der Waals surface area contributed by atoms with Crippen LogP contribution in [-0.2, 0) is 16.6 Å². The Bertz CT molecular complexity index is 1130. The van der Waals surface area contributed by atoms with Gasteiger partial charge in [-0.3, -0.25) is 4.79 Å². The lowest BCUT2D eigenvalue weighted by Crippen LogP contribution is -2.25. The fraction of sp³-hybridized carbons (Fsp3) is 0.105. The maximum absolute atomic E-state index is 12.6. The monoisotopic (exact) mass is 382 g/mol. The average Bonchev–Trinajstić information content (AvgIpc) is 2.64. The van der Waals surface area contributed by atoms with E-state index in [0.29, 0.717) is 12.1 Å². The second-order valence-corrected chi connectivity index (χ2v) is 7.59. The standard InChI is InChI=1S/C19H18N4O3S/c1-14-3-9-17(10-4-14)27(25,26)22-19-21-11-2-12-23(19)13-15-5-7-16(8-6-15)18(20)24/h2-12H,13H2,1H3,(H2,20,24)/b22-19+. The molecule has 27 heavy (non-hydrogen) atoms. The molecule has 0 saturated heterocycles. The zero-order valence-electron chi connectivity index (χ0n) is 14.6. The summed E-state index contributed by atoms with van der Waals surface area (Å²) < 4.78 is 30.6. The number of aromatic nitrogens is 2. The van der Waals surface area contributed by atoms with E-state index in [1.165, 1.54) is 18.3 Å². The summed E-state index contributed by atoms with van der Waals surface area (Å²) >= 11 is 0. The van der Waals surface area contributed by atoms with Gasteiger partial charge in [-0.25, -0.2) is 4.98 Å². The van der Waals surface area contributed by atoms with Gasteiger partial charge in [-0.2, -0.15) is 8.42 Å². The molecule has 0 radical (unpaired) electrons. The molecule has 1 aromatic heterocycles. The number of aryl methyl sites for hydroxylation is 1. The van der Waals surface area contributed by atoms with Crippen LogP contribution >= 0.6 is 0 Å². The van der Waals surface area contributed by atoms with Crippen LogP contribution in [0.5, 0.6) is 0 Å². The van der Waals surface area contributed by atoms with Crippen LogP contribution < -0.4 is 11.4 Å². The van der Waals surface area contributed by atoms with Crippen molar-refractivity contribution in [2.75, 3.05) is 0 Å². The van der Waals surface area contributed by atoms with E-state index in [-0.39, 0.29) is 10.5 Å². The summed E-state index contributed by atoms with van der Waals surface area (Å²) in [5, 5.41) is 0. The van der Waals surface area contributed by atoms with Crippen molar-refractivity contribution >= 4 is 15.9 Å². The number of amides is 1. The molecule has 0 bridgehead atoms. The predicted octanol–water partition coefficient (Wildman–Crippen LogP) is 1.63. The van der Waals surface area contributed by atoms with Crippen molar-refractivity contribution < 1.29 is 13.2 Å². The maximum atomic E-state index is 12.6. The Hall–Kier alpha value is -3.26. The van der Waals surface area contributed by atoms with Gasteiger partial charge in [-0.15, -0.1) is 4.40 Å². The number of nitrogens with zero attached hydrogens (tertiary/aromatic N) is 3. The Morgan fingerprint density at radius 2 is 1.78 bits per heavy atom. The van der Waals surface area contributed by atoms with Crippen LogP contribution in [0.2, 0.25) is 0 Å². The zero-order valence-corrected chi connectivity index (χ0v) is 15.4. The highest BCUT2D eigenvalue weighted by atomic mass is 32.2. The third-order valence-electron chi connectivity index (χ3n) is 3.91. The first-order valence-corrected chi connectivity index (χ1v) is 9.57. The topological polar surface area (TPSA) is 107 Å². The number of benzene rings is 2. The number of primary amides is 1. The van der Waals surface area contributed by atoms with Crippen LogP contribution in [0, 0.1) is 6.92 Å². The van der Waals surface area contributed by atoms with Crippen molar-refractivity contribution in [3.63, 3.8) is 0 Å². The first-order valence-electron chi connectivity index (χ1n) is 8.13. The molecule has 138 valence electrons.